The largest absolute Gasteiger partial charge is 0.456 e. The summed E-state index contributed by atoms with van der Waals surface area (Å²) in [7, 11) is 0. The van der Waals surface area contributed by atoms with Crippen molar-refractivity contribution < 1.29 is 4.42 Å². The van der Waals surface area contributed by atoms with Crippen molar-refractivity contribution >= 4 is 90.5 Å². The number of hydrogen-bond acceptors (Lipinski definition) is 4. The molecule has 87 heavy (non-hydrogen) atoms. The Kier molecular flexibility index (Phi) is 11.1. The molecule has 2 unspecified atom stereocenters. The average molecular weight is 1140 g/mol. The summed E-state index contributed by atoms with van der Waals surface area (Å²) in [6, 6.07) is 56.6. The summed E-state index contributed by atoms with van der Waals surface area (Å²) in [5.74, 6) is 0. The second-order valence-corrected chi connectivity index (χ2v) is 33.4. The minimum absolute atomic E-state index is 0.00488. The molecule has 8 aromatic carbocycles. The molecular weight excluding hydrogens is 1050 g/mol. The minimum atomic E-state index is -0.268. The van der Waals surface area contributed by atoms with E-state index in [4.69, 9.17) is 4.42 Å². The zero-order valence-electron chi connectivity index (χ0n) is 55.3. The van der Waals surface area contributed by atoms with E-state index in [0.29, 0.717) is 0 Å². The van der Waals surface area contributed by atoms with Gasteiger partial charge in [-0.25, -0.2) is 0 Å². The third-order valence-electron chi connectivity index (χ3n) is 24.7. The maximum Gasteiger partial charge on any atom is 0.252 e. The van der Waals surface area contributed by atoms with Crippen molar-refractivity contribution in [3.8, 4) is 0 Å². The first-order chi connectivity index (χ1) is 41.0. The van der Waals surface area contributed by atoms with E-state index in [0.717, 1.165) is 59.7 Å². The maximum atomic E-state index is 6.69. The third-order valence-corrected chi connectivity index (χ3v) is 24.7. The van der Waals surface area contributed by atoms with Crippen LogP contribution in [0.3, 0.4) is 0 Å². The van der Waals surface area contributed by atoms with Gasteiger partial charge in [0, 0.05) is 72.5 Å². The first-order valence-electron chi connectivity index (χ1n) is 33.2. The van der Waals surface area contributed by atoms with Crippen molar-refractivity contribution in [2.75, 3.05) is 14.7 Å². The van der Waals surface area contributed by atoms with Gasteiger partial charge in [-0.3, -0.25) is 0 Å². The fraction of sp³-hybridized carbons (Fsp3) is 0.415. The molecule has 442 valence electrons. The van der Waals surface area contributed by atoms with Gasteiger partial charge in [0.15, 0.2) is 0 Å². The molecule has 1 fully saturated rings. The molecule has 1 saturated carbocycles. The van der Waals surface area contributed by atoms with Gasteiger partial charge in [-0.2, -0.15) is 0 Å². The molecule has 1 aromatic heterocycles. The molecule has 2 atom stereocenters. The van der Waals surface area contributed by atoms with Gasteiger partial charge < -0.3 is 19.1 Å². The molecule has 0 bridgehead atoms. The van der Waals surface area contributed by atoms with Gasteiger partial charge >= 0.3 is 0 Å². The molecule has 3 aliphatic heterocycles. The van der Waals surface area contributed by atoms with Gasteiger partial charge in [0.25, 0.3) is 6.71 Å². The number of nitrogens with zero attached hydrogens (tertiary/aromatic N) is 3. The Balaban J connectivity index is 1.08. The van der Waals surface area contributed by atoms with Crippen LogP contribution in [0.1, 0.15) is 225 Å². The van der Waals surface area contributed by atoms with Gasteiger partial charge in [0.2, 0.25) is 0 Å². The van der Waals surface area contributed by atoms with Crippen molar-refractivity contribution in [2.24, 2.45) is 0 Å². The summed E-state index contributed by atoms with van der Waals surface area (Å²) < 4.78 is 6.69. The summed E-state index contributed by atoms with van der Waals surface area (Å²) in [6.45, 7) is 42.3. The van der Waals surface area contributed by atoms with Crippen molar-refractivity contribution in [1.82, 2.24) is 0 Å². The van der Waals surface area contributed by atoms with E-state index in [9.17, 15) is 0 Å². The standard InChI is InChI=1S/C82H90BN3O/c1-74(2,3)49-28-32-66-63(40-49)81(16)34-22-23-35-82(81,17)86(66)52-43-69-73-70(44-52)85(51-29-31-55-58(42-51)76(6,7)37-36-75(55,4)5)67-47-60-59(77(8,9)38-39-78(60,10)11)45-64(67)83(73)65-46-61-62(80(14,15)57-26-20-19-25-56(57)79(61,12)13)48-68(65)84(69)50-30-33-72-54(41-50)53-24-18-21-27-71(53)87-72/h18-21,24-33,40-48H,22-23,34-39H2,1-17H3. The highest BCUT2D eigenvalue weighted by molar-refractivity contribution is 7.00. The second-order valence-electron chi connectivity index (χ2n) is 33.4. The molecule has 0 radical (unpaired) electrons. The van der Waals surface area contributed by atoms with Crippen LogP contribution in [0.15, 0.2) is 144 Å². The lowest BCUT2D eigenvalue weighted by molar-refractivity contribution is 0.195. The van der Waals surface area contributed by atoms with Crippen LogP contribution in [0.2, 0.25) is 0 Å². The Hall–Kier alpha value is -6.98. The van der Waals surface area contributed by atoms with E-state index in [1.807, 2.05) is 0 Å². The lowest BCUT2D eigenvalue weighted by Gasteiger charge is -2.52. The summed E-state index contributed by atoms with van der Waals surface area (Å²) in [4.78, 5) is 8.40. The Morgan fingerprint density at radius 1 is 0.379 bits per heavy atom. The van der Waals surface area contributed by atoms with E-state index in [2.05, 4.69) is 272 Å². The van der Waals surface area contributed by atoms with Crippen LogP contribution in [0.25, 0.3) is 21.9 Å². The highest BCUT2D eigenvalue weighted by atomic mass is 16.3. The maximum absolute atomic E-state index is 6.69. The Bertz CT molecular complexity index is 4480. The van der Waals surface area contributed by atoms with Crippen LogP contribution in [-0.2, 0) is 43.3 Å². The van der Waals surface area contributed by atoms with E-state index in [1.54, 1.807) is 0 Å². The van der Waals surface area contributed by atoms with Crippen LogP contribution < -0.4 is 31.1 Å². The van der Waals surface area contributed by atoms with E-state index in [-0.39, 0.29) is 55.6 Å². The smallest absolute Gasteiger partial charge is 0.252 e. The van der Waals surface area contributed by atoms with Crippen LogP contribution in [0.5, 0.6) is 0 Å². The number of fused-ring (bicyclic) bond motifs is 14. The zero-order valence-corrected chi connectivity index (χ0v) is 55.3. The van der Waals surface area contributed by atoms with Gasteiger partial charge in [0.05, 0.1) is 5.54 Å². The van der Waals surface area contributed by atoms with Gasteiger partial charge in [-0.15, -0.1) is 0 Å². The average Bonchev–Trinajstić information content (AvgIpc) is 1.52. The van der Waals surface area contributed by atoms with Crippen molar-refractivity contribution in [1.29, 1.82) is 0 Å². The number of anilines is 8. The number of hydrogen-bond donors (Lipinski definition) is 0. The van der Waals surface area contributed by atoms with E-state index >= 15 is 0 Å². The number of benzene rings is 8. The van der Waals surface area contributed by atoms with E-state index in [1.165, 1.54) is 131 Å². The fourth-order valence-electron chi connectivity index (χ4n) is 18.8. The molecule has 4 aliphatic carbocycles. The summed E-state index contributed by atoms with van der Waals surface area (Å²) in [6.07, 6.45) is 9.36. The van der Waals surface area contributed by atoms with Crippen molar-refractivity contribution in [3.05, 3.63) is 195 Å². The monoisotopic (exact) mass is 1140 g/mol. The third kappa shape index (κ3) is 7.38. The first-order valence-corrected chi connectivity index (χ1v) is 33.2. The highest BCUT2D eigenvalue weighted by Crippen LogP contribution is 2.63. The number of para-hydroxylation sites is 1. The zero-order chi connectivity index (χ0) is 60.9. The molecule has 9 aromatic rings. The van der Waals surface area contributed by atoms with Crippen LogP contribution in [0, 0.1) is 0 Å². The number of rotatable bonds is 3. The predicted molar refractivity (Wildman–Crippen MR) is 371 cm³/mol. The molecule has 0 saturated heterocycles. The number of furan rings is 1. The quantitative estimate of drug-likeness (QED) is 0.164. The van der Waals surface area contributed by atoms with Crippen LogP contribution in [0.4, 0.5) is 45.5 Å². The van der Waals surface area contributed by atoms with Gasteiger partial charge in [0.1, 0.15) is 11.2 Å². The molecule has 0 amide bonds. The molecule has 4 heterocycles. The Labute approximate surface area is 519 Å². The first kappa shape index (κ1) is 55.3. The van der Waals surface area contributed by atoms with Crippen molar-refractivity contribution in [2.45, 2.75) is 218 Å². The topological polar surface area (TPSA) is 22.9 Å². The molecule has 16 rings (SSSR count). The summed E-state index contributed by atoms with van der Waals surface area (Å²) in [5, 5.41) is 2.29. The van der Waals surface area contributed by atoms with Gasteiger partial charge in [-0.05, 0) is 211 Å². The Morgan fingerprint density at radius 3 is 1.52 bits per heavy atom. The molecule has 0 spiro atoms. The normalized spacial score (nSPS) is 23.4. The van der Waals surface area contributed by atoms with Gasteiger partial charge in [-0.1, -0.05) is 196 Å². The van der Waals surface area contributed by atoms with E-state index < -0.39 is 0 Å². The van der Waals surface area contributed by atoms with Crippen molar-refractivity contribution in [3.63, 3.8) is 0 Å². The molecule has 5 heteroatoms. The van der Waals surface area contributed by atoms with Crippen LogP contribution in [-0.4, -0.2) is 12.3 Å². The fourth-order valence-corrected chi connectivity index (χ4v) is 18.8. The molecule has 7 aliphatic rings. The Morgan fingerprint density at radius 2 is 0.885 bits per heavy atom. The second kappa shape index (κ2) is 17.5. The lowest BCUT2D eigenvalue weighted by atomic mass is 9.32. The summed E-state index contributed by atoms with van der Waals surface area (Å²) in [5.41, 5.74) is 30.1. The highest BCUT2D eigenvalue weighted by Gasteiger charge is 2.59. The predicted octanol–water partition coefficient (Wildman–Crippen LogP) is 20.4. The minimum Gasteiger partial charge on any atom is -0.456 e. The summed E-state index contributed by atoms with van der Waals surface area (Å²) >= 11 is 0. The SMILES string of the molecule is CC(C)(C)c1ccc2c(c1)C1(C)CCCCC1(C)N2c1cc2c3c(c1)N(c1ccc4oc5ccccc5c4c1)c1cc4c(cc1B3c1cc3c(cc1N2c1ccc2c(c1)C(C)(C)CCC2(C)C)C(C)(C)CCC3(C)C)C(C)(C)c1ccccc1C4(C)C. The molecular formula is C82H90BN3O. The van der Waals surface area contributed by atoms with Crippen LogP contribution >= 0.6 is 0 Å². The lowest BCUT2D eigenvalue weighted by Crippen LogP contribution is -2.62. The molecule has 0 N–H and O–H groups in total. The molecule has 4 nitrogen and oxygen atoms in total.